The van der Waals surface area contributed by atoms with E-state index in [1.54, 1.807) is 11.8 Å². The molecule has 126 valence electrons. The van der Waals surface area contributed by atoms with Gasteiger partial charge in [0.1, 0.15) is 6.61 Å². The van der Waals surface area contributed by atoms with Crippen molar-refractivity contribution in [3.8, 4) is 0 Å². The SMILES string of the molecule is CC(=O)OCCSC/C=C(\C)CC/C=C(\C)CCC=C(C)C. The molecular formula is C19H32O2S. The first-order valence-corrected chi connectivity index (χ1v) is 9.23. The van der Waals surface area contributed by atoms with Gasteiger partial charge in [-0.1, -0.05) is 34.9 Å². The van der Waals surface area contributed by atoms with Gasteiger partial charge in [-0.3, -0.25) is 4.79 Å². The maximum atomic E-state index is 10.6. The van der Waals surface area contributed by atoms with Crippen LogP contribution in [0.4, 0.5) is 0 Å². The van der Waals surface area contributed by atoms with Gasteiger partial charge in [0.25, 0.3) is 0 Å². The van der Waals surface area contributed by atoms with Crippen molar-refractivity contribution in [1.82, 2.24) is 0 Å². The summed E-state index contributed by atoms with van der Waals surface area (Å²) in [7, 11) is 0. The fourth-order valence-corrected chi connectivity index (χ4v) is 2.64. The van der Waals surface area contributed by atoms with Gasteiger partial charge in [-0.05, 0) is 53.4 Å². The van der Waals surface area contributed by atoms with E-state index < -0.39 is 0 Å². The Morgan fingerprint density at radius 3 is 2.09 bits per heavy atom. The van der Waals surface area contributed by atoms with Crippen molar-refractivity contribution >= 4 is 17.7 Å². The van der Waals surface area contributed by atoms with E-state index in [-0.39, 0.29) is 5.97 Å². The van der Waals surface area contributed by atoms with Crippen LogP contribution in [-0.2, 0) is 9.53 Å². The number of rotatable bonds is 11. The van der Waals surface area contributed by atoms with Crippen LogP contribution in [0.1, 0.15) is 60.3 Å². The van der Waals surface area contributed by atoms with Crippen LogP contribution in [-0.4, -0.2) is 24.1 Å². The molecule has 0 unspecified atom stereocenters. The summed E-state index contributed by atoms with van der Waals surface area (Å²) >= 11 is 1.80. The molecule has 0 N–H and O–H groups in total. The highest BCUT2D eigenvalue weighted by Gasteiger charge is 1.94. The van der Waals surface area contributed by atoms with Gasteiger partial charge in [0.05, 0.1) is 0 Å². The van der Waals surface area contributed by atoms with Crippen molar-refractivity contribution in [2.75, 3.05) is 18.1 Å². The molecule has 0 aromatic carbocycles. The molecule has 0 spiro atoms. The zero-order valence-corrected chi connectivity index (χ0v) is 15.7. The van der Waals surface area contributed by atoms with Crippen molar-refractivity contribution in [3.05, 3.63) is 34.9 Å². The third-order valence-electron chi connectivity index (χ3n) is 3.21. The van der Waals surface area contributed by atoms with Gasteiger partial charge in [0.2, 0.25) is 0 Å². The zero-order chi connectivity index (χ0) is 16.8. The number of esters is 1. The van der Waals surface area contributed by atoms with E-state index in [0.29, 0.717) is 6.61 Å². The predicted octanol–water partition coefficient (Wildman–Crippen LogP) is 5.70. The minimum absolute atomic E-state index is 0.195. The summed E-state index contributed by atoms with van der Waals surface area (Å²) in [5.74, 6) is 1.67. The van der Waals surface area contributed by atoms with Crippen LogP contribution in [0.5, 0.6) is 0 Å². The molecule has 0 aliphatic carbocycles. The lowest BCUT2D eigenvalue weighted by atomic mass is 10.1. The van der Waals surface area contributed by atoms with Crippen LogP contribution in [0.3, 0.4) is 0 Å². The highest BCUT2D eigenvalue weighted by molar-refractivity contribution is 7.99. The molecule has 0 radical (unpaired) electrons. The summed E-state index contributed by atoms with van der Waals surface area (Å²) in [6.45, 7) is 10.7. The lowest BCUT2D eigenvalue weighted by Gasteiger charge is -2.02. The van der Waals surface area contributed by atoms with Crippen LogP contribution < -0.4 is 0 Å². The molecule has 22 heavy (non-hydrogen) atoms. The number of carbonyl (C=O) groups is 1. The average molecular weight is 325 g/mol. The van der Waals surface area contributed by atoms with Crippen molar-refractivity contribution in [2.45, 2.75) is 60.3 Å². The van der Waals surface area contributed by atoms with Crippen LogP contribution >= 0.6 is 11.8 Å². The summed E-state index contributed by atoms with van der Waals surface area (Å²) in [4.78, 5) is 10.6. The van der Waals surface area contributed by atoms with Gasteiger partial charge in [-0.25, -0.2) is 0 Å². The van der Waals surface area contributed by atoms with Crippen LogP contribution in [0.25, 0.3) is 0 Å². The first-order chi connectivity index (χ1) is 10.4. The minimum Gasteiger partial charge on any atom is -0.465 e. The topological polar surface area (TPSA) is 26.3 Å². The smallest absolute Gasteiger partial charge is 0.302 e. The van der Waals surface area contributed by atoms with Gasteiger partial charge >= 0.3 is 5.97 Å². The monoisotopic (exact) mass is 324 g/mol. The lowest BCUT2D eigenvalue weighted by molar-refractivity contribution is -0.140. The van der Waals surface area contributed by atoms with E-state index >= 15 is 0 Å². The average Bonchev–Trinajstić information content (AvgIpc) is 2.42. The maximum Gasteiger partial charge on any atom is 0.302 e. The summed E-state index contributed by atoms with van der Waals surface area (Å²) in [5, 5.41) is 0. The zero-order valence-electron chi connectivity index (χ0n) is 14.9. The number of hydrogen-bond donors (Lipinski definition) is 0. The van der Waals surface area contributed by atoms with Crippen LogP contribution in [0.15, 0.2) is 34.9 Å². The first-order valence-electron chi connectivity index (χ1n) is 8.07. The molecule has 0 atom stereocenters. The van der Waals surface area contributed by atoms with E-state index in [2.05, 4.69) is 45.9 Å². The molecule has 0 aromatic rings. The number of thioether (sulfide) groups is 1. The van der Waals surface area contributed by atoms with E-state index in [0.717, 1.165) is 30.8 Å². The third kappa shape index (κ3) is 15.4. The van der Waals surface area contributed by atoms with Crippen LogP contribution in [0.2, 0.25) is 0 Å². The van der Waals surface area contributed by atoms with E-state index in [9.17, 15) is 4.79 Å². The highest BCUT2D eigenvalue weighted by Crippen LogP contribution is 2.12. The van der Waals surface area contributed by atoms with E-state index in [4.69, 9.17) is 4.74 Å². The molecule has 0 aromatic heterocycles. The Hall–Kier alpha value is -0.960. The second-order valence-electron chi connectivity index (χ2n) is 5.87. The Labute approximate surface area is 141 Å². The standard InChI is InChI=1S/C19H32O2S/c1-16(2)8-6-9-17(3)10-7-11-18(4)12-14-22-15-13-21-19(5)20/h8,10,12H,6-7,9,11,13-15H2,1-5H3/b17-10+,18-12+. The van der Waals surface area contributed by atoms with E-state index in [1.807, 2.05) is 0 Å². The molecule has 0 heterocycles. The Balaban J connectivity index is 3.73. The summed E-state index contributed by atoms with van der Waals surface area (Å²) < 4.78 is 4.89. The molecule has 0 aliphatic rings. The second-order valence-corrected chi connectivity index (χ2v) is 7.02. The Kier molecular flexibility index (Phi) is 13.1. The van der Waals surface area contributed by atoms with Crippen LogP contribution in [0, 0.1) is 0 Å². The van der Waals surface area contributed by atoms with Gasteiger partial charge in [0, 0.05) is 18.4 Å². The predicted molar refractivity (Wildman–Crippen MR) is 99.4 cm³/mol. The lowest BCUT2D eigenvalue weighted by Crippen LogP contribution is -2.02. The molecule has 0 bridgehead atoms. The molecule has 0 saturated heterocycles. The normalized spacial score (nSPS) is 12.2. The van der Waals surface area contributed by atoms with Gasteiger partial charge < -0.3 is 4.74 Å². The Morgan fingerprint density at radius 1 is 0.909 bits per heavy atom. The number of carbonyl (C=O) groups excluding carboxylic acids is 1. The molecule has 0 aliphatic heterocycles. The summed E-state index contributed by atoms with van der Waals surface area (Å²) in [6, 6.07) is 0. The molecule has 0 saturated carbocycles. The molecule has 0 rings (SSSR count). The molecular weight excluding hydrogens is 292 g/mol. The van der Waals surface area contributed by atoms with Gasteiger partial charge in [0.15, 0.2) is 0 Å². The summed E-state index contributed by atoms with van der Waals surface area (Å²) in [5.41, 5.74) is 4.33. The fourth-order valence-electron chi connectivity index (χ4n) is 1.87. The van der Waals surface area contributed by atoms with Gasteiger partial charge in [-0.15, -0.1) is 0 Å². The Bertz CT molecular complexity index is 402. The highest BCUT2D eigenvalue weighted by atomic mass is 32.2. The van der Waals surface area contributed by atoms with Crippen molar-refractivity contribution in [3.63, 3.8) is 0 Å². The number of ether oxygens (including phenoxy) is 1. The molecule has 2 nitrogen and oxygen atoms in total. The van der Waals surface area contributed by atoms with Crippen molar-refractivity contribution in [1.29, 1.82) is 0 Å². The van der Waals surface area contributed by atoms with Crippen molar-refractivity contribution < 1.29 is 9.53 Å². The quantitative estimate of drug-likeness (QED) is 0.277. The number of hydrogen-bond acceptors (Lipinski definition) is 3. The van der Waals surface area contributed by atoms with Crippen molar-refractivity contribution in [2.24, 2.45) is 0 Å². The maximum absolute atomic E-state index is 10.6. The number of allylic oxidation sites excluding steroid dienone is 5. The summed E-state index contributed by atoms with van der Waals surface area (Å²) in [6.07, 6.45) is 11.5. The Morgan fingerprint density at radius 2 is 1.50 bits per heavy atom. The minimum atomic E-state index is -0.195. The molecule has 3 heteroatoms. The largest absolute Gasteiger partial charge is 0.465 e. The second kappa shape index (κ2) is 13.7. The van der Waals surface area contributed by atoms with Gasteiger partial charge in [-0.2, -0.15) is 11.8 Å². The fraction of sp³-hybridized carbons (Fsp3) is 0.632. The first kappa shape index (κ1) is 21.0. The molecule has 0 amide bonds. The molecule has 0 fully saturated rings. The van der Waals surface area contributed by atoms with E-state index in [1.165, 1.54) is 30.1 Å². The third-order valence-corrected chi connectivity index (χ3v) is 4.06.